The van der Waals surface area contributed by atoms with Gasteiger partial charge in [0.15, 0.2) is 0 Å². The highest BCUT2D eigenvalue weighted by atomic mass is 35.5. The molecule has 1 N–H and O–H groups in total. The highest BCUT2D eigenvalue weighted by molar-refractivity contribution is 7.89. The first-order valence-corrected chi connectivity index (χ1v) is 15.2. The molecule has 2 amide bonds. The van der Waals surface area contributed by atoms with Crippen LogP contribution in [0.1, 0.15) is 24.8 Å². The van der Waals surface area contributed by atoms with Gasteiger partial charge in [-0.15, -0.1) is 0 Å². The van der Waals surface area contributed by atoms with Crippen LogP contribution in [0.5, 0.6) is 0 Å². The highest BCUT2D eigenvalue weighted by Crippen LogP contribution is 2.32. The molecule has 0 radical (unpaired) electrons. The molecule has 0 saturated carbocycles. The Morgan fingerprint density at radius 2 is 1.74 bits per heavy atom. The summed E-state index contributed by atoms with van der Waals surface area (Å²) in [5.41, 5.74) is 1.27. The van der Waals surface area contributed by atoms with Gasteiger partial charge in [0, 0.05) is 43.3 Å². The fourth-order valence-electron chi connectivity index (χ4n) is 6.14. The lowest BCUT2D eigenvalue weighted by Crippen LogP contribution is -2.56. The lowest BCUT2D eigenvalue weighted by atomic mass is 10.1. The summed E-state index contributed by atoms with van der Waals surface area (Å²) in [6.07, 6.45) is 1.97. The lowest BCUT2D eigenvalue weighted by Gasteiger charge is -2.37. The molecule has 2 bridgehead atoms. The number of nitrogens with zero attached hydrogens (tertiary/aromatic N) is 3. The maximum absolute atomic E-state index is 13.3. The van der Waals surface area contributed by atoms with Gasteiger partial charge >= 0.3 is 0 Å². The number of halogens is 1. The van der Waals surface area contributed by atoms with E-state index in [1.54, 1.807) is 30.3 Å². The number of carbonyl (C=O) groups excluding carboxylic acids is 2. The Balaban J connectivity index is 1.07. The molecule has 204 valence electrons. The second kappa shape index (κ2) is 10.5. The van der Waals surface area contributed by atoms with Crippen molar-refractivity contribution in [3.05, 3.63) is 77.3 Å². The Morgan fingerprint density at radius 3 is 2.51 bits per heavy atom. The first kappa shape index (κ1) is 26.3. The maximum atomic E-state index is 13.3. The van der Waals surface area contributed by atoms with E-state index in [4.69, 9.17) is 11.6 Å². The highest BCUT2D eigenvalue weighted by Gasteiger charge is 2.45. The molecule has 39 heavy (non-hydrogen) atoms. The smallest absolute Gasteiger partial charge is 0.242 e. The molecule has 3 saturated heterocycles. The van der Waals surface area contributed by atoms with Crippen LogP contribution >= 0.6 is 11.6 Å². The van der Waals surface area contributed by atoms with E-state index in [-0.39, 0.29) is 29.3 Å². The van der Waals surface area contributed by atoms with Gasteiger partial charge in [-0.05, 0) is 59.9 Å². The molecule has 0 aliphatic carbocycles. The van der Waals surface area contributed by atoms with Crippen LogP contribution in [-0.2, 0) is 26.2 Å². The van der Waals surface area contributed by atoms with Gasteiger partial charge in [-0.2, -0.15) is 4.72 Å². The molecular formula is C29H31ClN4O4S. The quantitative estimate of drug-likeness (QED) is 0.474. The van der Waals surface area contributed by atoms with Crippen molar-refractivity contribution in [2.24, 2.45) is 0 Å². The van der Waals surface area contributed by atoms with E-state index in [1.165, 1.54) is 16.5 Å². The molecule has 3 heterocycles. The molecule has 3 aliphatic rings. The predicted molar refractivity (Wildman–Crippen MR) is 150 cm³/mol. The molecule has 3 unspecified atom stereocenters. The van der Waals surface area contributed by atoms with Gasteiger partial charge < -0.3 is 9.80 Å². The van der Waals surface area contributed by atoms with Gasteiger partial charge in [0.2, 0.25) is 21.8 Å². The number of rotatable bonds is 7. The number of hydrogen-bond acceptors (Lipinski definition) is 5. The standard InChI is InChI=1S/C29H31ClN4O4S/c30-23-10-8-22-14-26(11-9-21(22)13-23)39(37,38)31-27-7-4-12-32(29(27)36)19-28(35)34-18-24-15-25(34)17-33(24)16-20-5-2-1-3-6-20/h1-3,5-6,8-11,13-14,24-25,27,31H,4,7,12,15-19H2. The Bertz CT molecular complexity index is 1520. The fourth-order valence-corrected chi connectivity index (χ4v) is 7.58. The van der Waals surface area contributed by atoms with Gasteiger partial charge in [0.05, 0.1) is 11.4 Å². The molecule has 3 fully saturated rings. The SMILES string of the molecule is O=C1C(NS(=O)(=O)c2ccc3cc(Cl)ccc3c2)CCCN1CC(=O)N1CC2CC1CN2Cc1ccccc1. The first-order chi connectivity index (χ1) is 18.8. The van der Waals surface area contributed by atoms with Crippen molar-refractivity contribution < 1.29 is 18.0 Å². The van der Waals surface area contributed by atoms with E-state index >= 15 is 0 Å². The molecule has 0 aromatic heterocycles. The molecule has 3 aromatic carbocycles. The van der Waals surface area contributed by atoms with Crippen molar-refractivity contribution in [2.75, 3.05) is 26.2 Å². The van der Waals surface area contributed by atoms with E-state index in [0.717, 1.165) is 30.3 Å². The van der Waals surface area contributed by atoms with Crippen LogP contribution in [-0.4, -0.2) is 79.2 Å². The second-order valence-corrected chi connectivity index (χ2v) is 12.9. The van der Waals surface area contributed by atoms with Crippen LogP contribution < -0.4 is 4.72 Å². The average molecular weight is 567 g/mol. The molecule has 8 nitrogen and oxygen atoms in total. The number of piperazine rings is 1. The Labute approximate surface area is 233 Å². The average Bonchev–Trinajstić information content (AvgIpc) is 3.52. The van der Waals surface area contributed by atoms with Gasteiger partial charge in [-0.1, -0.05) is 54.1 Å². The van der Waals surface area contributed by atoms with E-state index in [1.807, 2.05) is 23.1 Å². The van der Waals surface area contributed by atoms with Crippen LogP contribution in [0.25, 0.3) is 10.8 Å². The zero-order valence-electron chi connectivity index (χ0n) is 21.5. The zero-order valence-corrected chi connectivity index (χ0v) is 23.1. The Morgan fingerprint density at radius 1 is 0.974 bits per heavy atom. The number of amides is 2. The van der Waals surface area contributed by atoms with Gasteiger partial charge in [-0.25, -0.2) is 8.42 Å². The summed E-state index contributed by atoms with van der Waals surface area (Å²) < 4.78 is 28.9. The molecule has 3 atom stereocenters. The minimum Gasteiger partial charge on any atom is -0.335 e. The third-order valence-corrected chi connectivity index (χ3v) is 9.85. The molecular weight excluding hydrogens is 536 g/mol. The van der Waals surface area contributed by atoms with Gasteiger partial charge in [-0.3, -0.25) is 14.5 Å². The van der Waals surface area contributed by atoms with Crippen LogP contribution in [0.2, 0.25) is 5.02 Å². The van der Waals surface area contributed by atoms with E-state index in [0.29, 0.717) is 37.0 Å². The van der Waals surface area contributed by atoms with Gasteiger partial charge in [0.25, 0.3) is 0 Å². The van der Waals surface area contributed by atoms with Crippen molar-refractivity contribution in [3.63, 3.8) is 0 Å². The fraction of sp³-hybridized carbons (Fsp3) is 0.379. The van der Waals surface area contributed by atoms with Crippen molar-refractivity contribution in [1.29, 1.82) is 0 Å². The number of hydrogen-bond donors (Lipinski definition) is 1. The lowest BCUT2D eigenvalue weighted by molar-refractivity contribution is -0.144. The van der Waals surface area contributed by atoms with E-state index in [9.17, 15) is 18.0 Å². The van der Waals surface area contributed by atoms with Crippen molar-refractivity contribution >= 4 is 44.2 Å². The second-order valence-electron chi connectivity index (χ2n) is 10.7. The monoisotopic (exact) mass is 566 g/mol. The third-order valence-electron chi connectivity index (χ3n) is 8.14. The summed E-state index contributed by atoms with van der Waals surface area (Å²) in [6.45, 7) is 2.81. The van der Waals surface area contributed by atoms with Crippen LogP contribution in [0.4, 0.5) is 0 Å². The topological polar surface area (TPSA) is 90.0 Å². The number of sulfonamides is 1. The molecule has 10 heteroatoms. The number of piperidine rings is 1. The molecule has 6 rings (SSSR count). The summed E-state index contributed by atoms with van der Waals surface area (Å²) >= 11 is 6.04. The predicted octanol–water partition coefficient (Wildman–Crippen LogP) is 3.25. The van der Waals surface area contributed by atoms with Crippen molar-refractivity contribution in [2.45, 2.75) is 48.8 Å². The molecule has 3 aliphatic heterocycles. The van der Waals surface area contributed by atoms with Crippen LogP contribution in [0.15, 0.2) is 71.6 Å². The van der Waals surface area contributed by atoms with Crippen LogP contribution in [0.3, 0.4) is 0 Å². The molecule has 0 spiro atoms. The van der Waals surface area contributed by atoms with E-state index < -0.39 is 16.1 Å². The largest absolute Gasteiger partial charge is 0.335 e. The summed E-state index contributed by atoms with van der Waals surface area (Å²) in [5.74, 6) is -0.410. The number of fused-ring (bicyclic) bond motifs is 3. The summed E-state index contributed by atoms with van der Waals surface area (Å²) in [7, 11) is -3.93. The Hall–Kier alpha value is -2.98. The normalized spacial score (nSPS) is 23.6. The zero-order chi connectivity index (χ0) is 27.1. The maximum Gasteiger partial charge on any atom is 0.242 e. The molecule has 3 aromatic rings. The first-order valence-electron chi connectivity index (χ1n) is 13.3. The minimum atomic E-state index is -3.93. The third kappa shape index (κ3) is 5.41. The minimum absolute atomic E-state index is 0.0182. The van der Waals surface area contributed by atoms with Crippen LogP contribution in [0, 0.1) is 0 Å². The number of nitrogens with one attached hydrogen (secondary N) is 1. The summed E-state index contributed by atoms with van der Waals surface area (Å²) in [6, 6.07) is 20.0. The number of benzene rings is 3. The van der Waals surface area contributed by atoms with Gasteiger partial charge in [0.1, 0.15) is 6.04 Å². The van der Waals surface area contributed by atoms with E-state index in [2.05, 4.69) is 21.8 Å². The number of carbonyl (C=O) groups is 2. The number of likely N-dealkylation sites (tertiary alicyclic amines) is 3. The Kier molecular flexibility index (Phi) is 7.09. The summed E-state index contributed by atoms with van der Waals surface area (Å²) in [4.78, 5) is 32.4. The van der Waals surface area contributed by atoms with Crippen molar-refractivity contribution in [3.8, 4) is 0 Å². The van der Waals surface area contributed by atoms with Crippen molar-refractivity contribution in [1.82, 2.24) is 19.4 Å². The summed E-state index contributed by atoms with van der Waals surface area (Å²) in [5, 5.41) is 2.15.